The number of carbonyl (C=O) groups excluding carboxylic acids is 1. The van der Waals surface area contributed by atoms with Gasteiger partial charge in [0.15, 0.2) is 0 Å². The van der Waals surface area contributed by atoms with E-state index in [0.29, 0.717) is 30.9 Å². The zero-order chi connectivity index (χ0) is 12.7. The van der Waals surface area contributed by atoms with E-state index < -0.39 is 0 Å². The average molecular weight is 232 g/mol. The molecule has 1 rings (SSSR count). The molecule has 0 aliphatic carbocycles. The van der Waals surface area contributed by atoms with Gasteiger partial charge in [-0.2, -0.15) is 5.26 Å². The SMILES string of the molecule is CCOCCN(C)C(=O)c1cccc(C#N)c1. The van der Waals surface area contributed by atoms with Crippen LogP contribution in [0.5, 0.6) is 0 Å². The largest absolute Gasteiger partial charge is 0.380 e. The first-order chi connectivity index (χ1) is 8.19. The van der Waals surface area contributed by atoms with Crippen molar-refractivity contribution in [3.05, 3.63) is 35.4 Å². The molecule has 4 heteroatoms. The van der Waals surface area contributed by atoms with Gasteiger partial charge in [-0.15, -0.1) is 0 Å². The zero-order valence-electron chi connectivity index (χ0n) is 10.1. The summed E-state index contributed by atoms with van der Waals surface area (Å²) in [5.74, 6) is -0.0956. The minimum atomic E-state index is -0.0956. The molecule has 0 aliphatic heterocycles. The van der Waals surface area contributed by atoms with Crippen LogP contribution in [0.3, 0.4) is 0 Å². The van der Waals surface area contributed by atoms with Gasteiger partial charge in [0, 0.05) is 25.8 Å². The normalized spacial score (nSPS) is 9.71. The number of hydrogen-bond donors (Lipinski definition) is 0. The summed E-state index contributed by atoms with van der Waals surface area (Å²) in [6.07, 6.45) is 0. The maximum absolute atomic E-state index is 12.0. The molecule has 0 unspecified atom stereocenters. The fourth-order valence-electron chi connectivity index (χ4n) is 1.39. The number of ether oxygens (including phenoxy) is 1. The highest BCUT2D eigenvalue weighted by Crippen LogP contribution is 2.06. The summed E-state index contributed by atoms with van der Waals surface area (Å²) in [7, 11) is 1.72. The maximum Gasteiger partial charge on any atom is 0.253 e. The lowest BCUT2D eigenvalue weighted by molar-refractivity contribution is 0.0710. The first-order valence-electron chi connectivity index (χ1n) is 5.52. The van der Waals surface area contributed by atoms with E-state index in [1.54, 1.807) is 36.2 Å². The van der Waals surface area contributed by atoms with Gasteiger partial charge in [-0.05, 0) is 25.1 Å². The van der Waals surface area contributed by atoms with Crippen LogP contribution in [0.25, 0.3) is 0 Å². The monoisotopic (exact) mass is 232 g/mol. The van der Waals surface area contributed by atoms with Crippen molar-refractivity contribution in [3.63, 3.8) is 0 Å². The van der Waals surface area contributed by atoms with Crippen molar-refractivity contribution in [2.24, 2.45) is 0 Å². The van der Waals surface area contributed by atoms with Crippen LogP contribution in [0.15, 0.2) is 24.3 Å². The molecule has 0 saturated carbocycles. The first-order valence-corrected chi connectivity index (χ1v) is 5.52. The number of hydrogen-bond acceptors (Lipinski definition) is 3. The van der Waals surface area contributed by atoms with E-state index in [2.05, 4.69) is 0 Å². The van der Waals surface area contributed by atoms with Gasteiger partial charge >= 0.3 is 0 Å². The molecule has 0 aromatic heterocycles. The first kappa shape index (κ1) is 13.2. The van der Waals surface area contributed by atoms with Crippen molar-refractivity contribution in [2.45, 2.75) is 6.92 Å². The Hall–Kier alpha value is -1.86. The lowest BCUT2D eigenvalue weighted by atomic mass is 10.1. The van der Waals surface area contributed by atoms with Gasteiger partial charge in [-0.25, -0.2) is 0 Å². The smallest absolute Gasteiger partial charge is 0.253 e. The number of rotatable bonds is 5. The minimum Gasteiger partial charge on any atom is -0.380 e. The van der Waals surface area contributed by atoms with E-state index in [-0.39, 0.29) is 5.91 Å². The summed E-state index contributed by atoms with van der Waals surface area (Å²) in [5.41, 5.74) is 1.03. The van der Waals surface area contributed by atoms with Gasteiger partial charge in [0.25, 0.3) is 5.91 Å². The summed E-state index contributed by atoms with van der Waals surface area (Å²) in [4.78, 5) is 13.6. The zero-order valence-corrected chi connectivity index (χ0v) is 10.1. The predicted molar refractivity (Wildman–Crippen MR) is 64.6 cm³/mol. The predicted octanol–water partition coefficient (Wildman–Crippen LogP) is 1.67. The Morgan fingerprint density at radius 3 is 2.94 bits per heavy atom. The molecule has 0 spiro atoms. The highest BCUT2D eigenvalue weighted by atomic mass is 16.5. The maximum atomic E-state index is 12.0. The topological polar surface area (TPSA) is 53.3 Å². The molecule has 0 bridgehead atoms. The highest BCUT2D eigenvalue weighted by molar-refractivity contribution is 5.94. The number of amides is 1. The Morgan fingerprint density at radius 1 is 1.53 bits per heavy atom. The van der Waals surface area contributed by atoms with E-state index in [1.807, 2.05) is 13.0 Å². The molecule has 90 valence electrons. The average Bonchev–Trinajstić information content (AvgIpc) is 2.38. The number of benzene rings is 1. The fourth-order valence-corrected chi connectivity index (χ4v) is 1.39. The Morgan fingerprint density at radius 2 is 2.29 bits per heavy atom. The van der Waals surface area contributed by atoms with Crippen molar-refractivity contribution < 1.29 is 9.53 Å². The molecule has 0 atom stereocenters. The highest BCUT2D eigenvalue weighted by Gasteiger charge is 2.11. The van der Waals surface area contributed by atoms with Gasteiger partial charge in [-0.1, -0.05) is 6.07 Å². The van der Waals surface area contributed by atoms with Crippen LogP contribution in [0.1, 0.15) is 22.8 Å². The second-order valence-electron chi connectivity index (χ2n) is 3.62. The second kappa shape index (κ2) is 6.66. The molecular weight excluding hydrogens is 216 g/mol. The quantitative estimate of drug-likeness (QED) is 0.725. The summed E-state index contributed by atoms with van der Waals surface area (Å²) < 4.78 is 5.19. The Balaban J connectivity index is 2.65. The van der Waals surface area contributed by atoms with Crippen LogP contribution in [-0.4, -0.2) is 37.6 Å². The second-order valence-corrected chi connectivity index (χ2v) is 3.62. The fraction of sp³-hybridized carbons (Fsp3) is 0.385. The molecule has 4 nitrogen and oxygen atoms in total. The summed E-state index contributed by atoms with van der Waals surface area (Å²) in [6, 6.07) is 8.71. The molecule has 1 amide bonds. The van der Waals surface area contributed by atoms with Crippen LogP contribution >= 0.6 is 0 Å². The van der Waals surface area contributed by atoms with Crippen molar-refractivity contribution in [1.29, 1.82) is 5.26 Å². The number of likely N-dealkylation sites (N-methyl/N-ethyl adjacent to an activating group) is 1. The van der Waals surface area contributed by atoms with Gasteiger partial charge in [-0.3, -0.25) is 4.79 Å². The lowest BCUT2D eigenvalue weighted by Gasteiger charge is -2.17. The van der Waals surface area contributed by atoms with Crippen molar-refractivity contribution in [3.8, 4) is 6.07 Å². The van der Waals surface area contributed by atoms with Gasteiger partial charge < -0.3 is 9.64 Å². The summed E-state index contributed by atoms with van der Waals surface area (Å²) >= 11 is 0. The third-order valence-electron chi connectivity index (χ3n) is 2.36. The lowest BCUT2D eigenvalue weighted by Crippen LogP contribution is -2.30. The van der Waals surface area contributed by atoms with Gasteiger partial charge in [0.1, 0.15) is 0 Å². The number of nitriles is 1. The Kier molecular flexibility index (Phi) is 5.18. The summed E-state index contributed by atoms with van der Waals surface area (Å²) in [5, 5.41) is 8.76. The summed E-state index contributed by atoms with van der Waals surface area (Å²) in [6.45, 7) is 3.63. The van der Waals surface area contributed by atoms with E-state index in [9.17, 15) is 4.79 Å². The van der Waals surface area contributed by atoms with Crippen LogP contribution in [-0.2, 0) is 4.74 Å². The third kappa shape index (κ3) is 3.89. The molecule has 0 saturated heterocycles. The minimum absolute atomic E-state index is 0.0956. The molecule has 1 aromatic rings. The van der Waals surface area contributed by atoms with Crippen molar-refractivity contribution in [2.75, 3.05) is 26.8 Å². The Bertz CT molecular complexity index is 424. The van der Waals surface area contributed by atoms with Crippen molar-refractivity contribution >= 4 is 5.91 Å². The van der Waals surface area contributed by atoms with Gasteiger partial charge in [0.2, 0.25) is 0 Å². The van der Waals surface area contributed by atoms with E-state index in [1.165, 1.54) is 0 Å². The molecule has 0 radical (unpaired) electrons. The van der Waals surface area contributed by atoms with Crippen molar-refractivity contribution in [1.82, 2.24) is 4.90 Å². The molecule has 0 aliphatic rings. The Labute approximate surface area is 101 Å². The van der Waals surface area contributed by atoms with Gasteiger partial charge in [0.05, 0.1) is 18.2 Å². The van der Waals surface area contributed by atoms with Crippen LogP contribution in [0, 0.1) is 11.3 Å². The molecule has 17 heavy (non-hydrogen) atoms. The molecular formula is C13H16N2O2. The van der Waals surface area contributed by atoms with E-state index in [4.69, 9.17) is 10.00 Å². The van der Waals surface area contributed by atoms with E-state index >= 15 is 0 Å². The molecule has 0 heterocycles. The van der Waals surface area contributed by atoms with Crippen LogP contribution < -0.4 is 0 Å². The van der Waals surface area contributed by atoms with Crippen LogP contribution in [0.2, 0.25) is 0 Å². The van der Waals surface area contributed by atoms with E-state index in [0.717, 1.165) is 0 Å². The number of nitrogens with zero attached hydrogens (tertiary/aromatic N) is 2. The number of carbonyl (C=O) groups is 1. The molecule has 0 fully saturated rings. The third-order valence-corrected chi connectivity index (χ3v) is 2.36. The molecule has 0 N–H and O–H groups in total. The molecule has 1 aromatic carbocycles. The standard InChI is InChI=1S/C13H16N2O2/c1-3-17-8-7-15(2)13(16)12-6-4-5-11(9-12)10-14/h4-6,9H,3,7-8H2,1-2H3. The van der Waals surface area contributed by atoms with Crippen LogP contribution in [0.4, 0.5) is 0 Å².